The number of nitrogens with two attached hydrogens (primary N) is 1. The van der Waals surface area contributed by atoms with E-state index in [0.717, 1.165) is 5.76 Å². The fourth-order valence-electron chi connectivity index (χ4n) is 2.58. The molecule has 6 heteroatoms. The summed E-state index contributed by atoms with van der Waals surface area (Å²) in [7, 11) is 0. The third-order valence-electron chi connectivity index (χ3n) is 3.55. The number of hydrogen-bond acceptors (Lipinski definition) is 3. The van der Waals surface area contributed by atoms with E-state index in [4.69, 9.17) is 10.2 Å². The molecule has 2 rings (SSSR count). The zero-order valence-electron chi connectivity index (χ0n) is 11.6. The fourth-order valence-corrected chi connectivity index (χ4v) is 2.58. The van der Waals surface area contributed by atoms with Crippen molar-refractivity contribution >= 4 is 0 Å². The van der Waals surface area contributed by atoms with Crippen molar-refractivity contribution in [1.82, 2.24) is 4.90 Å². The molecule has 0 fully saturated rings. The molecule has 0 radical (unpaired) electrons. The van der Waals surface area contributed by atoms with Gasteiger partial charge in [-0.25, -0.2) is 0 Å². The third kappa shape index (κ3) is 3.24. The van der Waals surface area contributed by atoms with Crippen LogP contribution in [-0.2, 0) is 0 Å². The van der Waals surface area contributed by atoms with Crippen molar-refractivity contribution in [1.29, 1.82) is 0 Å². The molecule has 1 aromatic rings. The molecule has 0 saturated carbocycles. The first kappa shape index (κ1) is 15.1. The number of halogens is 3. The van der Waals surface area contributed by atoms with Crippen LogP contribution in [0.1, 0.15) is 30.9 Å². The number of hydrogen-bond donors (Lipinski definition) is 1. The van der Waals surface area contributed by atoms with Crippen molar-refractivity contribution in [3.8, 4) is 0 Å². The predicted octanol–water partition coefficient (Wildman–Crippen LogP) is 3.17. The van der Waals surface area contributed by atoms with Gasteiger partial charge in [0.25, 0.3) is 0 Å². The van der Waals surface area contributed by atoms with Gasteiger partial charge >= 0.3 is 6.18 Å². The summed E-state index contributed by atoms with van der Waals surface area (Å²) in [5.41, 5.74) is 5.53. The van der Waals surface area contributed by atoms with Gasteiger partial charge in [0.15, 0.2) is 0 Å². The molecule has 3 nitrogen and oxygen atoms in total. The van der Waals surface area contributed by atoms with E-state index >= 15 is 0 Å². The molecule has 0 spiro atoms. The Morgan fingerprint density at radius 2 is 2.05 bits per heavy atom. The minimum absolute atomic E-state index is 0.00753. The van der Waals surface area contributed by atoms with Gasteiger partial charge in [0.1, 0.15) is 11.5 Å². The third-order valence-corrected chi connectivity index (χ3v) is 3.55. The van der Waals surface area contributed by atoms with E-state index in [-0.39, 0.29) is 25.0 Å². The lowest BCUT2D eigenvalue weighted by atomic mass is 10.0. The quantitative estimate of drug-likeness (QED) is 0.869. The predicted molar refractivity (Wildman–Crippen MR) is 70.2 cm³/mol. The molecule has 0 bridgehead atoms. The molecule has 112 valence electrons. The first-order chi connectivity index (χ1) is 9.29. The number of alkyl halides is 3. The highest BCUT2D eigenvalue weighted by Crippen LogP contribution is 2.33. The molecular formula is C14H19F3N2O. The standard InChI is InChI=1S/C14H19F3N2O/c1-9-3-4-12(20-9)13(10(2)18)19-7-5-11(6-8-19)14(15,16)17/h3-5,10,13H,6-8,18H2,1-2H3. The summed E-state index contributed by atoms with van der Waals surface area (Å²) in [6, 6.07) is 3.26. The highest BCUT2D eigenvalue weighted by molar-refractivity contribution is 5.17. The highest BCUT2D eigenvalue weighted by atomic mass is 19.4. The lowest BCUT2D eigenvalue weighted by Crippen LogP contribution is -2.42. The minimum atomic E-state index is -4.23. The summed E-state index contributed by atoms with van der Waals surface area (Å²) in [4.78, 5) is 1.93. The smallest absolute Gasteiger partial charge is 0.412 e. The molecule has 0 aromatic carbocycles. The van der Waals surface area contributed by atoms with Crippen LogP contribution in [0.2, 0.25) is 0 Å². The molecule has 0 saturated heterocycles. The molecule has 2 heterocycles. The van der Waals surface area contributed by atoms with E-state index in [9.17, 15) is 13.2 Å². The molecular weight excluding hydrogens is 269 g/mol. The monoisotopic (exact) mass is 288 g/mol. The van der Waals surface area contributed by atoms with Crippen LogP contribution < -0.4 is 5.73 Å². The lowest BCUT2D eigenvalue weighted by Gasteiger charge is -2.35. The second-order valence-electron chi connectivity index (χ2n) is 5.22. The van der Waals surface area contributed by atoms with E-state index in [1.54, 1.807) is 0 Å². The molecule has 0 amide bonds. The second-order valence-corrected chi connectivity index (χ2v) is 5.22. The number of aryl methyl sites for hydroxylation is 1. The summed E-state index contributed by atoms with van der Waals surface area (Å²) >= 11 is 0. The van der Waals surface area contributed by atoms with Crippen molar-refractivity contribution in [2.45, 2.75) is 38.5 Å². The zero-order valence-corrected chi connectivity index (χ0v) is 11.6. The summed E-state index contributed by atoms with van der Waals surface area (Å²) in [6.07, 6.45) is -2.99. The van der Waals surface area contributed by atoms with Crippen LogP contribution in [-0.4, -0.2) is 30.2 Å². The van der Waals surface area contributed by atoms with Crippen molar-refractivity contribution in [2.24, 2.45) is 5.73 Å². The highest BCUT2D eigenvalue weighted by Gasteiger charge is 2.37. The maximum absolute atomic E-state index is 12.6. The minimum Gasteiger partial charge on any atom is -0.465 e. The lowest BCUT2D eigenvalue weighted by molar-refractivity contribution is -0.0965. The first-order valence-electron chi connectivity index (χ1n) is 6.61. The maximum Gasteiger partial charge on any atom is 0.412 e. The van der Waals surface area contributed by atoms with Gasteiger partial charge in [0.05, 0.1) is 6.04 Å². The Morgan fingerprint density at radius 3 is 2.45 bits per heavy atom. The van der Waals surface area contributed by atoms with Crippen LogP contribution in [0.5, 0.6) is 0 Å². The normalized spacial score (nSPS) is 20.6. The molecule has 2 atom stereocenters. The Morgan fingerprint density at radius 1 is 1.35 bits per heavy atom. The SMILES string of the molecule is Cc1ccc(C(C(C)N)N2CC=C(C(F)(F)F)CC2)o1. The number of rotatable bonds is 3. The van der Waals surface area contributed by atoms with Gasteiger partial charge in [-0.1, -0.05) is 6.08 Å². The summed E-state index contributed by atoms with van der Waals surface area (Å²) in [5.74, 6) is 1.48. The number of nitrogens with zero attached hydrogens (tertiary/aromatic N) is 1. The van der Waals surface area contributed by atoms with Gasteiger partial charge in [-0.2, -0.15) is 13.2 Å². The van der Waals surface area contributed by atoms with E-state index in [2.05, 4.69) is 0 Å². The fraction of sp³-hybridized carbons (Fsp3) is 0.571. The summed E-state index contributed by atoms with van der Waals surface area (Å²) in [6.45, 7) is 4.24. The Balaban J connectivity index is 2.16. The van der Waals surface area contributed by atoms with E-state index < -0.39 is 11.7 Å². The molecule has 1 aromatic heterocycles. The average Bonchev–Trinajstić information content (AvgIpc) is 2.75. The van der Waals surface area contributed by atoms with Gasteiger partial charge in [0, 0.05) is 24.7 Å². The van der Waals surface area contributed by atoms with Crippen molar-refractivity contribution in [3.05, 3.63) is 35.3 Å². The van der Waals surface area contributed by atoms with Crippen molar-refractivity contribution in [3.63, 3.8) is 0 Å². The molecule has 1 aliphatic rings. The van der Waals surface area contributed by atoms with E-state index in [0.29, 0.717) is 12.3 Å². The largest absolute Gasteiger partial charge is 0.465 e. The van der Waals surface area contributed by atoms with Crippen LogP contribution in [0.4, 0.5) is 13.2 Å². The Kier molecular flexibility index (Phi) is 4.25. The summed E-state index contributed by atoms with van der Waals surface area (Å²) < 4.78 is 43.5. The van der Waals surface area contributed by atoms with Gasteiger partial charge in [0.2, 0.25) is 0 Å². The van der Waals surface area contributed by atoms with Crippen LogP contribution in [0.25, 0.3) is 0 Å². The summed E-state index contributed by atoms with van der Waals surface area (Å²) in [5, 5.41) is 0. The van der Waals surface area contributed by atoms with Gasteiger partial charge in [-0.15, -0.1) is 0 Å². The molecule has 20 heavy (non-hydrogen) atoms. The number of furan rings is 1. The zero-order chi connectivity index (χ0) is 14.9. The Hall–Kier alpha value is -1.27. The van der Waals surface area contributed by atoms with Crippen LogP contribution >= 0.6 is 0 Å². The van der Waals surface area contributed by atoms with E-state index in [1.165, 1.54) is 6.08 Å². The van der Waals surface area contributed by atoms with Crippen molar-refractivity contribution < 1.29 is 17.6 Å². The maximum atomic E-state index is 12.6. The molecule has 2 unspecified atom stereocenters. The molecule has 1 aliphatic heterocycles. The topological polar surface area (TPSA) is 42.4 Å². The van der Waals surface area contributed by atoms with Crippen LogP contribution in [0.15, 0.2) is 28.2 Å². The van der Waals surface area contributed by atoms with Gasteiger partial charge < -0.3 is 10.2 Å². The molecule has 0 aliphatic carbocycles. The second kappa shape index (κ2) is 5.61. The molecule has 2 N–H and O–H groups in total. The van der Waals surface area contributed by atoms with Crippen molar-refractivity contribution in [2.75, 3.05) is 13.1 Å². The Labute approximate surface area is 116 Å². The Bertz CT molecular complexity index is 491. The van der Waals surface area contributed by atoms with Crippen LogP contribution in [0, 0.1) is 6.92 Å². The van der Waals surface area contributed by atoms with Gasteiger partial charge in [-0.05, 0) is 32.4 Å². The first-order valence-corrected chi connectivity index (χ1v) is 6.61. The average molecular weight is 288 g/mol. The van der Waals surface area contributed by atoms with E-state index in [1.807, 2.05) is 30.9 Å². The van der Waals surface area contributed by atoms with Gasteiger partial charge in [-0.3, -0.25) is 4.90 Å². The van der Waals surface area contributed by atoms with Crippen LogP contribution in [0.3, 0.4) is 0 Å².